The molecule has 3 aromatic rings. The molecule has 3 rings (SSSR count). The third-order valence-corrected chi connectivity index (χ3v) is 4.74. The second-order valence-corrected chi connectivity index (χ2v) is 6.73. The monoisotopic (exact) mass is 374 g/mol. The SMILES string of the molecule is CCc1cccc(CC)c1NC(=O)c1cnc(N(C)Cc2ccccc2)nc1. The summed E-state index contributed by atoms with van der Waals surface area (Å²) in [5.74, 6) is 0.400. The lowest BCUT2D eigenvalue weighted by molar-refractivity contribution is 0.102. The van der Waals surface area contributed by atoms with Gasteiger partial charge in [0.1, 0.15) is 0 Å². The number of benzene rings is 2. The third kappa shape index (κ3) is 4.55. The van der Waals surface area contributed by atoms with Crippen molar-refractivity contribution in [3.05, 3.63) is 83.2 Å². The first-order valence-electron chi connectivity index (χ1n) is 9.61. The average molecular weight is 374 g/mol. The average Bonchev–Trinajstić information content (AvgIpc) is 2.74. The number of para-hydroxylation sites is 1. The molecule has 0 atom stereocenters. The fourth-order valence-electron chi connectivity index (χ4n) is 3.15. The lowest BCUT2D eigenvalue weighted by atomic mass is 10.0. The minimum Gasteiger partial charge on any atom is -0.340 e. The van der Waals surface area contributed by atoms with E-state index in [2.05, 4.69) is 41.3 Å². The molecule has 0 saturated carbocycles. The molecule has 0 unspecified atom stereocenters. The fraction of sp³-hybridized carbons (Fsp3) is 0.261. The fourth-order valence-corrected chi connectivity index (χ4v) is 3.15. The van der Waals surface area contributed by atoms with E-state index in [1.54, 1.807) is 12.4 Å². The van der Waals surface area contributed by atoms with E-state index in [0.717, 1.165) is 29.7 Å². The molecule has 0 aliphatic carbocycles. The highest BCUT2D eigenvalue weighted by Crippen LogP contribution is 2.23. The number of hydrogen-bond acceptors (Lipinski definition) is 4. The lowest BCUT2D eigenvalue weighted by Gasteiger charge is -2.17. The Hall–Kier alpha value is -3.21. The lowest BCUT2D eigenvalue weighted by Crippen LogP contribution is -2.20. The maximum Gasteiger partial charge on any atom is 0.258 e. The van der Waals surface area contributed by atoms with Crippen LogP contribution >= 0.6 is 0 Å². The summed E-state index contributed by atoms with van der Waals surface area (Å²) in [6.45, 7) is 4.88. The Balaban J connectivity index is 1.72. The van der Waals surface area contributed by atoms with Gasteiger partial charge in [-0.05, 0) is 29.5 Å². The molecule has 5 heteroatoms. The summed E-state index contributed by atoms with van der Waals surface area (Å²) in [6.07, 6.45) is 4.89. The quantitative estimate of drug-likeness (QED) is 0.662. The van der Waals surface area contributed by atoms with Crippen molar-refractivity contribution >= 4 is 17.5 Å². The van der Waals surface area contributed by atoms with Gasteiger partial charge in [-0.2, -0.15) is 0 Å². The molecule has 0 fully saturated rings. The zero-order valence-corrected chi connectivity index (χ0v) is 16.6. The smallest absolute Gasteiger partial charge is 0.258 e. The Kier molecular flexibility index (Phi) is 6.37. The number of amides is 1. The van der Waals surface area contributed by atoms with Crippen LogP contribution in [0.5, 0.6) is 0 Å². The molecule has 1 N–H and O–H groups in total. The summed E-state index contributed by atoms with van der Waals surface area (Å²) in [6, 6.07) is 16.3. The van der Waals surface area contributed by atoms with Crippen molar-refractivity contribution in [2.75, 3.05) is 17.3 Å². The van der Waals surface area contributed by atoms with Crippen molar-refractivity contribution in [2.24, 2.45) is 0 Å². The number of rotatable bonds is 7. The molecule has 144 valence electrons. The minimum absolute atomic E-state index is 0.187. The highest BCUT2D eigenvalue weighted by atomic mass is 16.1. The van der Waals surface area contributed by atoms with Crippen LogP contribution < -0.4 is 10.2 Å². The maximum atomic E-state index is 12.7. The summed E-state index contributed by atoms with van der Waals surface area (Å²) in [5.41, 5.74) is 4.80. The Morgan fingerprint density at radius 1 is 0.929 bits per heavy atom. The van der Waals surface area contributed by atoms with Crippen molar-refractivity contribution in [3.63, 3.8) is 0 Å². The van der Waals surface area contributed by atoms with Crippen LogP contribution in [-0.4, -0.2) is 22.9 Å². The molecule has 1 amide bonds. The van der Waals surface area contributed by atoms with E-state index in [1.807, 2.05) is 48.3 Å². The number of anilines is 2. The van der Waals surface area contributed by atoms with Gasteiger partial charge in [0.05, 0.1) is 5.56 Å². The van der Waals surface area contributed by atoms with E-state index in [9.17, 15) is 4.79 Å². The van der Waals surface area contributed by atoms with Gasteiger partial charge >= 0.3 is 0 Å². The second-order valence-electron chi connectivity index (χ2n) is 6.73. The van der Waals surface area contributed by atoms with Crippen LogP contribution in [0.2, 0.25) is 0 Å². The van der Waals surface area contributed by atoms with Crippen molar-refractivity contribution < 1.29 is 4.79 Å². The molecule has 28 heavy (non-hydrogen) atoms. The molecule has 0 spiro atoms. The molecular formula is C23H26N4O. The number of carbonyl (C=O) groups excluding carboxylic acids is 1. The highest BCUT2D eigenvalue weighted by molar-refractivity contribution is 6.04. The molecular weight excluding hydrogens is 348 g/mol. The van der Waals surface area contributed by atoms with E-state index in [1.165, 1.54) is 5.56 Å². The van der Waals surface area contributed by atoms with Gasteiger partial charge in [0.25, 0.3) is 5.91 Å². The normalized spacial score (nSPS) is 10.5. The van der Waals surface area contributed by atoms with Crippen LogP contribution in [0.3, 0.4) is 0 Å². The van der Waals surface area contributed by atoms with Gasteiger partial charge in [0.2, 0.25) is 5.95 Å². The van der Waals surface area contributed by atoms with Gasteiger partial charge in [0, 0.05) is 31.7 Å². The Morgan fingerprint density at radius 2 is 1.54 bits per heavy atom. The summed E-state index contributed by atoms with van der Waals surface area (Å²) in [5, 5.41) is 3.05. The van der Waals surface area contributed by atoms with E-state index in [4.69, 9.17) is 0 Å². The number of aromatic nitrogens is 2. The van der Waals surface area contributed by atoms with E-state index in [-0.39, 0.29) is 5.91 Å². The molecule has 0 radical (unpaired) electrons. The summed E-state index contributed by atoms with van der Waals surface area (Å²) in [4.78, 5) is 23.4. The predicted molar refractivity (Wildman–Crippen MR) is 114 cm³/mol. The number of nitrogens with one attached hydrogen (secondary N) is 1. The topological polar surface area (TPSA) is 58.1 Å². The van der Waals surface area contributed by atoms with Crippen molar-refractivity contribution in [1.82, 2.24) is 9.97 Å². The van der Waals surface area contributed by atoms with Crippen LogP contribution in [0.15, 0.2) is 60.9 Å². The molecule has 0 saturated heterocycles. The zero-order chi connectivity index (χ0) is 19.9. The van der Waals surface area contributed by atoms with E-state index >= 15 is 0 Å². The van der Waals surface area contributed by atoms with Gasteiger partial charge in [0.15, 0.2) is 0 Å². The Labute approximate surface area is 166 Å². The first kappa shape index (κ1) is 19.5. The van der Waals surface area contributed by atoms with Gasteiger partial charge < -0.3 is 10.2 Å². The number of carbonyl (C=O) groups is 1. The van der Waals surface area contributed by atoms with Crippen LogP contribution in [0.25, 0.3) is 0 Å². The first-order valence-corrected chi connectivity index (χ1v) is 9.61. The van der Waals surface area contributed by atoms with Crippen molar-refractivity contribution in [2.45, 2.75) is 33.2 Å². The number of nitrogens with zero attached hydrogens (tertiary/aromatic N) is 3. The van der Waals surface area contributed by atoms with Gasteiger partial charge in [-0.1, -0.05) is 62.4 Å². The van der Waals surface area contributed by atoms with Crippen LogP contribution in [0.4, 0.5) is 11.6 Å². The zero-order valence-electron chi connectivity index (χ0n) is 16.6. The van der Waals surface area contributed by atoms with Crippen LogP contribution in [0.1, 0.15) is 40.9 Å². The highest BCUT2D eigenvalue weighted by Gasteiger charge is 2.13. The number of aryl methyl sites for hydroxylation is 2. The van der Waals surface area contributed by atoms with Gasteiger partial charge in [-0.3, -0.25) is 4.79 Å². The largest absolute Gasteiger partial charge is 0.340 e. The summed E-state index contributed by atoms with van der Waals surface area (Å²) in [7, 11) is 1.94. The van der Waals surface area contributed by atoms with Gasteiger partial charge in [-0.15, -0.1) is 0 Å². The van der Waals surface area contributed by atoms with Crippen LogP contribution in [0, 0.1) is 0 Å². The third-order valence-electron chi connectivity index (χ3n) is 4.74. The van der Waals surface area contributed by atoms with E-state index in [0.29, 0.717) is 18.1 Å². The minimum atomic E-state index is -0.187. The molecule has 1 aromatic heterocycles. The van der Waals surface area contributed by atoms with Gasteiger partial charge in [-0.25, -0.2) is 9.97 Å². The first-order chi connectivity index (χ1) is 13.6. The van der Waals surface area contributed by atoms with E-state index < -0.39 is 0 Å². The molecule has 5 nitrogen and oxygen atoms in total. The molecule has 0 aliphatic heterocycles. The molecule has 1 heterocycles. The summed E-state index contributed by atoms with van der Waals surface area (Å²) < 4.78 is 0. The molecule has 0 aliphatic rings. The molecule has 0 bridgehead atoms. The second kappa shape index (κ2) is 9.13. The number of hydrogen-bond donors (Lipinski definition) is 1. The standard InChI is InChI=1S/C23H26N4O/c1-4-18-12-9-13-19(5-2)21(18)26-22(28)20-14-24-23(25-15-20)27(3)16-17-10-7-6-8-11-17/h6-15H,4-5,16H2,1-3H3,(H,26,28). The predicted octanol–water partition coefficient (Wildman–Crippen LogP) is 4.49. The maximum absolute atomic E-state index is 12.7. The molecule has 2 aromatic carbocycles. The van der Waals surface area contributed by atoms with Crippen molar-refractivity contribution in [3.8, 4) is 0 Å². The van der Waals surface area contributed by atoms with Crippen molar-refractivity contribution in [1.29, 1.82) is 0 Å². The van der Waals surface area contributed by atoms with Crippen LogP contribution in [-0.2, 0) is 19.4 Å². The summed E-state index contributed by atoms with van der Waals surface area (Å²) >= 11 is 0. The Morgan fingerprint density at radius 3 is 2.11 bits per heavy atom. The Bertz CT molecular complexity index is 901.